The number of aromatic nitrogens is 2. The number of alkyl halides is 3. The molecule has 0 aliphatic heterocycles. The summed E-state index contributed by atoms with van der Waals surface area (Å²) in [5.41, 5.74) is -0.577. The maximum absolute atomic E-state index is 14.2. The van der Waals surface area contributed by atoms with Crippen LogP contribution >= 0.6 is 11.6 Å². The number of nitrogens with zero attached hydrogens (tertiary/aromatic N) is 3. The normalized spacial score (nSPS) is 11.8. The van der Waals surface area contributed by atoms with Gasteiger partial charge in [-0.15, -0.1) is 0 Å². The smallest absolute Gasteiger partial charge is 0.333 e. The van der Waals surface area contributed by atoms with Crippen LogP contribution in [0.2, 0.25) is 5.15 Å². The van der Waals surface area contributed by atoms with Crippen LogP contribution in [0, 0.1) is 5.82 Å². The van der Waals surface area contributed by atoms with Crippen LogP contribution < -0.4 is 10.9 Å². The summed E-state index contributed by atoms with van der Waals surface area (Å²) in [5, 5.41) is 2.37. The molecule has 3 aromatic rings. The van der Waals surface area contributed by atoms with Crippen LogP contribution in [0.1, 0.15) is 17.5 Å². The highest BCUT2D eigenvalue weighted by Gasteiger charge is 2.31. The Hall–Kier alpha value is -3.20. The summed E-state index contributed by atoms with van der Waals surface area (Å²) in [7, 11) is 1.70. The van der Waals surface area contributed by atoms with Gasteiger partial charge in [-0.25, -0.2) is 9.37 Å². The van der Waals surface area contributed by atoms with Gasteiger partial charge in [0.1, 0.15) is 11.0 Å². The molecule has 0 fully saturated rings. The Kier molecular flexibility index (Phi) is 6.74. The van der Waals surface area contributed by atoms with Crippen molar-refractivity contribution < 1.29 is 17.6 Å². The van der Waals surface area contributed by atoms with Crippen molar-refractivity contribution in [1.82, 2.24) is 9.55 Å². The fraction of sp³-hybridized carbons (Fsp3) is 0.190. The average molecular weight is 453 g/mol. The van der Waals surface area contributed by atoms with E-state index in [-0.39, 0.29) is 16.7 Å². The van der Waals surface area contributed by atoms with E-state index in [1.54, 1.807) is 25.4 Å². The van der Waals surface area contributed by atoms with Gasteiger partial charge in [-0.2, -0.15) is 13.2 Å². The van der Waals surface area contributed by atoms with Crippen LogP contribution in [0.3, 0.4) is 0 Å². The Bertz CT molecular complexity index is 1160. The number of rotatable bonds is 6. The number of anilines is 2. The minimum absolute atomic E-state index is 0.0577. The number of hydrogen-bond acceptors (Lipinski definition) is 4. The van der Waals surface area contributed by atoms with Crippen molar-refractivity contribution in [2.45, 2.75) is 19.0 Å². The molecular weight excluding hydrogens is 436 g/mol. The quantitative estimate of drug-likeness (QED) is 0.401. The first-order valence-electron chi connectivity index (χ1n) is 9.12. The number of aryl methyl sites for hydroxylation is 1. The molecule has 10 heteroatoms. The maximum Gasteiger partial charge on any atom is 0.416 e. The van der Waals surface area contributed by atoms with E-state index in [1.807, 2.05) is 12.1 Å². The number of aliphatic imine (C=N–C) groups is 1. The first kappa shape index (κ1) is 22.5. The van der Waals surface area contributed by atoms with Crippen LogP contribution in [-0.4, -0.2) is 22.8 Å². The molecular formula is C21H17ClF4N4O. The lowest BCUT2D eigenvalue weighted by Gasteiger charge is -2.12. The summed E-state index contributed by atoms with van der Waals surface area (Å²) in [4.78, 5) is 20.6. The summed E-state index contributed by atoms with van der Waals surface area (Å²) >= 11 is 6.01. The highest BCUT2D eigenvalue weighted by molar-refractivity contribution is 6.29. The van der Waals surface area contributed by atoms with Crippen molar-refractivity contribution in [3.8, 4) is 5.69 Å². The lowest BCUT2D eigenvalue weighted by atomic mass is 10.1. The summed E-state index contributed by atoms with van der Waals surface area (Å²) in [5.74, 6) is -1.50. The Morgan fingerprint density at radius 2 is 1.90 bits per heavy atom. The summed E-state index contributed by atoms with van der Waals surface area (Å²) in [6.07, 6.45) is -0.0144. The number of nitrogens with one attached hydrogen (secondary N) is 1. The fourth-order valence-electron chi connectivity index (χ4n) is 2.84. The van der Waals surface area contributed by atoms with E-state index in [2.05, 4.69) is 15.3 Å². The molecule has 0 radical (unpaired) electrons. The molecule has 31 heavy (non-hydrogen) atoms. The third-order valence-electron chi connectivity index (χ3n) is 4.38. The van der Waals surface area contributed by atoms with Gasteiger partial charge < -0.3 is 10.3 Å². The molecule has 0 atom stereocenters. The predicted octanol–water partition coefficient (Wildman–Crippen LogP) is 5.42. The first-order chi connectivity index (χ1) is 14.7. The molecule has 2 aromatic carbocycles. The molecule has 5 nitrogen and oxygen atoms in total. The van der Waals surface area contributed by atoms with Crippen molar-refractivity contribution in [3.05, 3.63) is 81.1 Å². The molecule has 0 saturated heterocycles. The number of benzene rings is 2. The predicted molar refractivity (Wildman–Crippen MR) is 112 cm³/mol. The molecule has 0 bridgehead atoms. The van der Waals surface area contributed by atoms with Gasteiger partial charge in [-0.3, -0.25) is 9.36 Å². The van der Waals surface area contributed by atoms with Crippen molar-refractivity contribution >= 4 is 29.3 Å². The van der Waals surface area contributed by atoms with Crippen molar-refractivity contribution in [2.24, 2.45) is 4.99 Å². The third-order valence-corrected chi connectivity index (χ3v) is 4.57. The Morgan fingerprint density at radius 1 is 1.19 bits per heavy atom. The molecule has 162 valence electrons. The summed E-state index contributed by atoms with van der Waals surface area (Å²) in [6, 6.07) is 9.07. The Morgan fingerprint density at radius 3 is 2.52 bits per heavy atom. The second kappa shape index (κ2) is 9.30. The summed E-state index contributed by atoms with van der Waals surface area (Å²) in [6.45, 7) is 0. The van der Waals surface area contributed by atoms with Crippen LogP contribution in [0.5, 0.6) is 0 Å². The molecule has 0 aliphatic carbocycles. The standard InChI is InChI=1S/C21H17ClF4N4O/c1-27-10-2-3-13-4-7-15(8-5-13)30-12-18(22)29-19(20(30)31)28-17-9-6-14(11-16(17)23)21(24,25)26/h4-12H,2-3H2,1H3,(H,28,29). The second-order valence-electron chi connectivity index (χ2n) is 6.55. The molecule has 0 saturated carbocycles. The van der Waals surface area contributed by atoms with Crippen LogP contribution in [-0.2, 0) is 12.6 Å². The van der Waals surface area contributed by atoms with Gasteiger partial charge in [-0.1, -0.05) is 23.7 Å². The molecule has 0 unspecified atom stereocenters. The lowest BCUT2D eigenvalue weighted by Crippen LogP contribution is -2.22. The fourth-order valence-corrected chi connectivity index (χ4v) is 3.02. The zero-order valence-corrected chi connectivity index (χ0v) is 17.0. The van der Waals surface area contributed by atoms with E-state index in [1.165, 1.54) is 10.8 Å². The largest absolute Gasteiger partial charge is 0.416 e. The average Bonchev–Trinajstić information content (AvgIpc) is 2.72. The van der Waals surface area contributed by atoms with Crippen molar-refractivity contribution in [3.63, 3.8) is 0 Å². The molecule has 1 heterocycles. The van der Waals surface area contributed by atoms with E-state index in [0.717, 1.165) is 24.5 Å². The maximum atomic E-state index is 14.2. The zero-order chi connectivity index (χ0) is 22.6. The van der Waals surface area contributed by atoms with Gasteiger partial charge in [0.05, 0.1) is 17.4 Å². The highest BCUT2D eigenvalue weighted by Crippen LogP contribution is 2.31. The minimum Gasteiger partial charge on any atom is -0.333 e. The molecule has 0 aliphatic rings. The highest BCUT2D eigenvalue weighted by atomic mass is 35.5. The zero-order valence-electron chi connectivity index (χ0n) is 16.3. The van der Waals surface area contributed by atoms with E-state index in [0.29, 0.717) is 17.8 Å². The number of hydrogen-bond donors (Lipinski definition) is 1. The summed E-state index contributed by atoms with van der Waals surface area (Å²) < 4.78 is 53.5. The lowest BCUT2D eigenvalue weighted by molar-refractivity contribution is -0.137. The molecule has 0 spiro atoms. The molecule has 1 aromatic heterocycles. The first-order valence-corrected chi connectivity index (χ1v) is 9.49. The van der Waals surface area contributed by atoms with Gasteiger partial charge in [0.15, 0.2) is 5.82 Å². The van der Waals surface area contributed by atoms with Gasteiger partial charge in [-0.05, 0) is 55.0 Å². The number of halogens is 5. The minimum atomic E-state index is -4.68. The monoisotopic (exact) mass is 452 g/mol. The topological polar surface area (TPSA) is 59.3 Å². The SMILES string of the molecule is CN=CCCc1ccc(-n2cc(Cl)nc(Nc3ccc(C(F)(F)F)cc3F)c2=O)cc1. The molecule has 1 N–H and O–H groups in total. The van der Waals surface area contributed by atoms with E-state index in [9.17, 15) is 22.4 Å². The van der Waals surface area contributed by atoms with E-state index >= 15 is 0 Å². The van der Waals surface area contributed by atoms with Gasteiger partial charge in [0.2, 0.25) is 0 Å². The third kappa shape index (κ3) is 5.49. The van der Waals surface area contributed by atoms with Gasteiger partial charge in [0, 0.05) is 12.7 Å². The van der Waals surface area contributed by atoms with Crippen LogP contribution in [0.15, 0.2) is 58.4 Å². The Balaban J connectivity index is 1.90. The van der Waals surface area contributed by atoms with E-state index < -0.39 is 23.1 Å². The van der Waals surface area contributed by atoms with Crippen LogP contribution in [0.4, 0.5) is 29.1 Å². The van der Waals surface area contributed by atoms with Gasteiger partial charge in [0.25, 0.3) is 5.56 Å². The van der Waals surface area contributed by atoms with Crippen molar-refractivity contribution in [2.75, 3.05) is 12.4 Å². The Labute approximate surface area is 180 Å². The molecule has 3 rings (SSSR count). The van der Waals surface area contributed by atoms with Gasteiger partial charge >= 0.3 is 6.18 Å². The second-order valence-corrected chi connectivity index (χ2v) is 6.94. The van der Waals surface area contributed by atoms with E-state index in [4.69, 9.17) is 11.6 Å². The van der Waals surface area contributed by atoms with Crippen LogP contribution in [0.25, 0.3) is 5.69 Å². The molecule has 0 amide bonds. The van der Waals surface area contributed by atoms with Crippen molar-refractivity contribution in [1.29, 1.82) is 0 Å².